The number of nitrogens with one attached hydrogen (secondary N) is 2. The predicted octanol–water partition coefficient (Wildman–Crippen LogP) is 2.38. The van der Waals surface area contributed by atoms with Gasteiger partial charge in [-0.2, -0.15) is 4.98 Å². The van der Waals surface area contributed by atoms with E-state index >= 15 is 0 Å². The van der Waals surface area contributed by atoms with Gasteiger partial charge in [0.05, 0.1) is 7.11 Å². The molecule has 0 saturated heterocycles. The normalized spacial score (nSPS) is 19.2. The van der Waals surface area contributed by atoms with Crippen molar-refractivity contribution in [3.63, 3.8) is 0 Å². The van der Waals surface area contributed by atoms with E-state index in [1.807, 2.05) is 0 Å². The van der Waals surface area contributed by atoms with Crippen molar-refractivity contribution in [1.82, 2.24) is 9.97 Å². The summed E-state index contributed by atoms with van der Waals surface area (Å²) in [5.41, 5.74) is 1.21. The highest BCUT2D eigenvalue weighted by Crippen LogP contribution is 2.32. The number of fused-ring (bicyclic) bond motifs is 1. The van der Waals surface area contributed by atoms with Crippen LogP contribution in [0, 0.1) is 11.3 Å². The van der Waals surface area contributed by atoms with Gasteiger partial charge in [-0.05, 0) is 17.8 Å². The highest BCUT2D eigenvalue weighted by atomic mass is 16.5. The van der Waals surface area contributed by atoms with Crippen LogP contribution in [-0.2, 0) is 0 Å². The zero-order chi connectivity index (χ0) is 13.2. The largest absolute Gasteiger partial charge is 0.479 e. The van der Waals surface area contributed by atoms with Crippen molar-refractivity contribution in [2.24, 2.45) is 11.3 Å². The van der Waals surface area contributed by atoms with E-state index in [4.69, 9.17) is 4.74 Å². The van der Waals surface area contributed by atoms with Gasteiger partial charge in [0.2, 0.25) is 5.88 Å². The molecule has 1 unspecified atom stereocenters. The maximum Gasteiger partial charge on any atom is 0.242 e. The van der Waals surface area contributed by atoms with Gasteiger partial charge in [-0.25, -0.2) is 4.98 Å². The first-order valence-corrected chi connectivity index (χ1v) is 6.36. The fourth-order valence-electron chi connectivity index (χ4n) is 2.39. The maximum atomic E-state index is 5.25. The molecule has 0 amide bonds. The van der Waals surface area contributed by atoms with Crippen LogP contribution in [0.15, 0.2) is 6.33 Å². The van der Waals surface area contributed by atoms with Crippen LogP contribution in [-0.4, -0.2) is 30.2 Å². The zero-order valence-corrected chi connectivity index (χ0v) is 11.6. The Morgan fingerprint density at radius 1 is 1.28 bits per heavy atom. The summed E-state index contributed by atoms with van der Waals surface area (Å²) < 4.78 is 5.25. The van der Waals surface area contributed by atoms with E-state index in [1.165, 1.54) is 6.33 Å². The molecule has 2 N–H and O–H groups in total. The number of methoxy groups -OCH3 is 1. The Morgan fingerprint density at radius 3 is 2.67 bits per heavy atom. The number of nitrogens with zero attached hydrogens (tertiary/aromatic N) is 2. The van der Waals surface area contributed by atoms with Gasteiger partial charge in [0.1, 0.15) is 12.0 Å². The second-order valence-electron chi connectivity index (χ2n) is 6.00. The molecule has 0 saturated carbocycles. The summed E-state index contributed by atoms with van der Waals surface area (Å²) in [5, 5.41) is 6.78. The minimum Gasteiger partial charge on any atom is -0.479 e. The lowest BCUT2D eigenvalue weighted by Gasteiger charge is -2.24. The Morgan fingerprint density at radius 2 is 2.00 bits per heavy atom. The van der Waals surface area contributed by atoms with Crippen molar-refractivity contribution in [1.29, 1.82) is 0 Å². The van der Waals surface area contributed by atoms with Crippen LogP contribution in [0.5, 0.6) is 5.88 Å². The summed E-state index contributed by atoms with van der Waals surface area (Å²) in [6, 6.07) is 0. The van der Waals surface area contributed by atoms with E-state index in [0.29, 0.717) is 17.2 Å². The van der Waals surface area contributed by atoms with Gasteiger partial charge in [0, 0.05) is 13.1 Å². The SMILES string of the molecule is COc1ncnc2c1NCC(CC(C)(C)C)CN2. The molecule has 1 aliphatic rings. The third-order valence-corrected chi connectivity index (χ3v) is 3.03. The molecule has 0 spiro atoms. The van der Waals surface area contributed by atoms with Crippen LogP contribution < -0.4 is 15.4 Å². The van der Waals surface area contributed by atoms with E-state index in [1.54, 1.807) is 7.11 Å². The van der Waals surface area contributed by atoms with Gasteiger partial charge in [-0.3, -0.25) is 0 Å². The first-order valence-electron chi connectivity index (χ1n) is 6.36. The predicted molar refractivity (Wildman–Crippen MR) is 73.1 cm³/mol. The van der Waals surface area contributed by atoms with Gasteiger partial charge in [-0.15, -0.1) is 0 Å². The molecule has 2 heterocycles. The molecule has 0 aliphatic carbocycles. The molecule has 1 aromatic rings. The molecule has 0 radical (unpaired) electrons. The number of aromatic nitrogens is 2. The molecular weight excluding hydrogens is 228 g/mol. The van der Waals surface area contributed by atoms with Crippen LogP contribution in [0.4, 0.5) is 11.5 Å². The minimum atomic E-state index is 0.334. The quantitative estimate of drug-likeness (QED) is 0.844. The number of hydrogen-bond donors (Lipinski definition) is 2. The second kappa shape index (κ2) is 5.00. The highest BCUT2D eigenvalue weighted by Gasteiger charge is 2.23. The minimum absolute atomic E-state index is 0.334. The zero-order valence-electron chi connectivity index (χ0n) is 11.6. The Bertz CT molecular complexity index is 414. The Kier molecular flexibility index (Phi) is 3.59. The van der Waals surface area contributed by atoms with E-state index in [-0.39, 0.29) is 0 Å². The summed E-state index contributed by atoms with van der Waals surface area (Å²) >= 11 is 0. The molecule has 18 heavy (non-hydrogen) atoms. The first kappa shape index (κ1) is 12.9. The van der Waals surface area contributed by atoms with Crippen LogP contribution in [0.2, 0.25) is 0 Å². The summed E-state index contributed by atoms with van der Waals surface area (Å²) in [4.78, 5) is 8.37. The van der Waals surface area contributed by atoms with Crippen molar-refractivity contribution in [2.45, 2.75) is 27.2 Å². The Labute approximate surface area is 108 Å². The maximum absolute atomic E-state index is 5.25. The van der Waals surface area contributed by atoms with E-state index in [9.17, 15) is 0 Å². The lowest BCUT2D eigenvalue weighted by atomic mass is 9.84. The molecule has 1 atom stereocenters. The Hall–Kier alpha value is -1.52. The third kappa shape index (κ3) is 3.03. The van der Waals surface area contributed by atoms with E-state index < -0.39 is 0 Å². The summed E-state index contributed by atoms with van der Waals surface area (Å²) in [5.74, 6) is 2.01. The first-order chi connectivity index (χ1) is 8.49. The van der Waals surface area contributed by atoms with Crippen LogP contribution in [0.25, 0.3) is 0 Å². The van der Waals surface area contributed by atoms with Gasteiger partial charge in [0.15, 0.2) is 5.82 Å². The highest BCUT2D eigenvalue weighted by molar-refractivity contribution is 5.70. The molecule has 0 fully saturated rings. The average molecular weight is 250 g/mol. The molecule has 5 heteroatoms. The molecule has 0 aromatic carbocycles. The molecule has 0 bridgehead atoms. The third-order valence-electron chi connectivity index (χ3n) is 3.03. The van der Waals surface area contributed by atoms with Crippen molar-refractivity contribution in [3.8, 4) is 5.88 Å². The second-order valence-corrected chi connectivity index (χ2v) is 6.00. The van der Waals surface area contributed by atoms with E-state index in [2.05, 4.69) is 41.4 Å². The summed E-state index contributed by atoms with van der Waals surface area (Å²) in [6.07, 6.45) is 2.69. The van der Waals surface area contributed by atoms with E-state index in [0.717, 1.165) is 31.0 Å². The van der Waals surface area contributed by atoms with Crippen molar-refractivity contribution in [2.75, 3.05) is 30.8 Å². The fourth-order valence-corrected chi connectivity index (χ4v) is 2.39. The average Bonchev–Trinajstić information content (AvgIpc) is 2.50. The molecule has 2 rings (SSSR count). The fraction of sp³-hybridized carbons (Fsp3) is 0.692. The van der Waals surface area contributed by atoms with Gasteiger partial charge < -0.3 is 15.4 Å². The lowest BCUT2D eigenvalue weighted by Crippen LogP contribution is -2.24. The van der Waals surface area contributed by atoms with Crippen molar-refractivity contribution >= 4 is 11.5 Å². The molecule has 5 nitrogen and oxygen atoms in total. The summed E-state index contributed by atoms with van der Waals surface area (Å²) in [6.45, 7) is 8.65. The van der Waals surface area contributed by atoms with Crippen LogP contribution >= 0.6 is 0 Å². The Balaban J connectivity index is 2.12. The van der Waals surface area contributed by atoms with Crippen molar-refractivity contribution < 1.29 is 4.74 Å². The standard InChI is InChI=1S/C13H22N4O/c1-13(2,3)5-9-6-14-10-11(15-7-9)16-8-17-12(10)18-4/h8-9,14H,5-7H2,1-4H3,(H,15,16,17). The smallest absolute Gasteiger partial charge is 0.242 e. The number of hydrogen-bond acceptors (Lipinski definition) is 5. The number of ether oxygens (including phenoxy) is 1. The van der Waals surface area contributed by atoms with Gasteiger partial charge in [-0.1, -0.05) is 20.8 Å². The van der Waals surface area contributed by atoms with Gasteiger partial charge in [0.25, 0.3) is 0 Å². The number of anilines is 2. The molecular formula is C13H22N4O. The number of rotatable bonds is 2. The van der Waals surface area contributed by atoms with Crippen LogP contribution in [0.1, 0.15) is 27.2 Å². The molecule has 1 aromatic heterocycles. The topological polar surface area (TPSA) is 59.1 Å². The summed E-state index contributed by atoms with van der Waals surface area (Å²) in [7, 11) is 1.63. The lowest BCUT2D eigenvalue weighted by molar-refractivity contribution is 0.310. The molecule has 100 valence electrons. The van der Waals surface area contributed by atoms with Crippen LogP contribution in [0.3, 0.4) is 0 Å². The van der Waals surface area contributed by atoms with Crippen molar-refractivity contribution in [3.05, 3.63) is 6.33 Å². The molecule has 1 aliphatic heterocycles. The van der Waals surface area contributed by atoms with Gasteiger partial charge >= 0.3 is 0 Å². The monoisotopic (exact) mass is 250 g/mol.